The van der Waals surface area contributed by atoms with Crippen molar-refractivity contribution >= 4 is 11.8 Å². The molecule has 1 N–H and O–H groups in total. The van der Waals surface area contributed by atoms with Crippen LogP contribution in [0.25, 0.3) is 0 Å². The van der Waals surface area contributed by atoms with Crippen molar-refractivity contribution in [3.8, 4) is 0 Å². The predicted molar refractivity (Wildman–Crippen MR) is 88.4 cm³/mol. The van der Waals surface area contributed by atoms with E-state index in [1.165, 1.54) is 0 Å². The molecule has 0 saturated carbocycles. The highest BCUT2D eigenvalue weighted by Gasteiger charge is 2.35. The van der Waals surface area contributed by atoms with Gasteiger partial charge in [0.05, 0.1) is 11.6 Å². The second-order valence-corrected chi connectivity index (χ2v) is 7.14. The van der Waals surface area contributed by atoms with Crippen LogP contribution in [0.3, 0.4) is 0 Å². The van der Waals surface area contributed by atoms with Crippen LogP contribution in [-0.2, 0) is 16.1 Å². The number of hydrogen-bond donors (Lipinski definition) is 1. The van der Waals surface area contributed by atoms with E-state index in [1.807, 2.05) is 18.7 Å². The van der Waals surface area contributed by atoms with E-state index < -0.39 is 6.17 Å². The lowest BCUT2D eigenvalue weighted by Gasteiger charge is -2.24. The Morgan fingerprint density at radius 1 is 1.40 bits per heavy atom. The predicted octanol–water partition coefficient (Wildman–Crippen LogP) is 0.798. The smallest absolute Gasteiger partial charge is 0.225 e. The van der Waals surface area contributed by atoms with Gasteiger partial charge >= 0.3 is 0 Å². The van der Waals surface area contributed by atoms with Gasteiger partial charge in [-0.1, -0.05) is 5.16 Å². The van der Waals surface area contributed by atoms with Gasteiger partial charge in [0, 0.05) is 51.3 Å². The van der Waals surface area contributed by atoms with Crippen molar-refractivity contribution in [1.82, 2.24) is 20.3 Å². The van der Waals surface area contributed by atoms with Crippen molar-refractivity contribution in [2.24, 2.45) is 5.92 Å². The standard InChI is InChI=1S/C17H25FN4O3/c1-10-15(11(2)25-20-10)9-22-8-13(18)5-14(22)6-19-17(24)12-4-16(23)21(3)7-12/h12-14H,4-9H2,1-3H3,(H,19,24)/t12?,13-,14-/m0/s1. The number of nitrogens with zero attached hydrogens (tertiary/aromatic N) is 3. The van der Waals surface area contributed by atoms with E-state index in [-0.39, 0.29) is 30.2 Å². The molecule has 1 unspecified atom stereocenters. The van der Waals surface area contributed by atoms with E-state index in [1.54, 1.807) is 11.9 Å². The molecule has 0 radical (unpaired) electrons. The fourth-order valence-corrected chi connectivity index (χ4v) is 3.66. The van der Waals surface area contributed by atoms with Crippen LogP contribution in [0.2, 0.25) is 0 Å². The maximum atomic E-state index is 13.9. The Labute approximate surface area is 146 Å². The number of aromatic nitrogens is 1. The summed E-state index contributed by atoms with van der Waals surface area (Å²) in [7, 11) is 1.70. The van der Waals surface area contributed by atoms with Crippen molar-refractivity contribution in [2.75, 3.05) is 26.7 Å². The fraction of sp³-hybridized carbons (Fsp3) is 0.706. The zero-order valence-corrected chi connectivity index (χ0v) is 14.9. The van der Waals surface area contributed by atoms with Crippen LogP contribution >= 0.6 is 0 Å². The highest BCUT2D eigenvalue weighted by Crippen LogP contribution is 2.25. The van der Waals surface area contributed by atoms with Gasteiger partial charge in [-0.25, -0.2) is 4.39 Å². The lowest BCUT2D eigenvalue weighted by Crippen LogP contribution is -2.42. The SMILES string of the molecule is Cc1noc(C)c1CN1C[C@@H](F)C[C@H]1CNC(=O)C1CC(=O)N(C)C1. The van der Waals surface area contributed by atoms with Gasteiger partial charge in [-0.15, -0.1) is 0 Å². The average Bonchev–Trinajstić information content (AvgIpc) is 3.19. The lowest BCUT2D eigenvalue weighted by atomic mass is 10.1. The third kappa shape index (κ3) is 3.84. The van der Waals surface area contributed by atoms with Crippen molar-refractivity contribution < 1.29 is 18.5 Å². The Hall–Kier alpha value is -1.96. The van der Waals surface area contributed by atoms with Crippen LogP contribution in [-0.4, -0.2) is 65.7 Å². The summed E-state index contributed by atoms with van der Waals surface area (Å²) in [6, 6.07) is -0.0671. The highest BCUT2D eigenvalue weighted by atomic mass is 19.1. The highest BCUT2D eigenvalue weighted by molar-refractivity contribution is 5.89. The monoisotopic (exact) mass is 352 g/mol. The molecule has 0 aromatic carbocycles. The molecule has 138 valence electrons. The Kier molecular flexibility index (Phi) is 5.08. The molecule has 8 heteroatoms. The van der Waals surface area contributed by atoms with Crippen LogP contribution in [0, 0.1) is 19.8 Å². The third-order valence-corrected chi connectivity index (χ3v) is 5.24. The Morgan fingerprint density at radius 3 is 2.76 bits per heavy atom. The Bertz CT molecular complexity index is 643. The van der Waals surface area contributed by atoms with Crippen LogP contribution < -0.4 is 5.32 Å². The second kappa shape index (κ2) is 7.11. The number of carbonyl (C=O) groups excluding carboxylic acids is 2. The van der Waals surface area contributed by atoms with Gasteiger partial charge in [0.2, 0.25) is 11.8 Å². The molecular formula is C17H25FN4O3. The first-order valence-electron chi connectivity index (χ1n) is 8.66. The minimum atomic E-state index is -0.901. The number of nitrogens with one attached hydrogen (secondary N) is 1. The van der Waals surface area contributed by atoms with E-state index in [0.717, 1.165) is 17.0 Å². The summed E-state index contributed by atoms with van der Waals surface area (Å²) in [5.74, 6) is 0.299. The second-order valence-electron chi connectivity index (χ2n) is 7.14. The van der Waals surface area contributed by atoms with Gasteiger partial charge in [-0.3, -0.25) is 14.5 Å². The normalized spacial score (nSPS) is 27.3. The Morgan fingerprint density at radius 2 is 2.16 bits per heavy atom. The first-order chi connectivity index (χ1) is 11.8. The fourth-order valence-electron chi connectivity index (χ4n) is 3.66. The van der Waals surface area contributed by atoms with Gasteiger partial charge in [-0.2, -0.15) is 0 Å². The summed E-state index contributed by atoms with van der Waals surface area (Å²) in [5, 5.41) is 6.84. The van der Waals surface area contributed by atoms with Gasteiger partial charge in [0.15, 0.2) is 0 Å². The van der Waals surface area contributed by atoms with Crippen LogP contribution in [0.1, 0.15) is 29.9 Å². The molecule has 3 rings (SSSR count). The molecule has 3 atom stereocenters. The number of alkyl halides is 1. The van der Waals surface area contributed by atoms with Crippen molar-refractivity contribution in [1.29, 1.82) is 0 Å². The topological polar surface area (TPSA) is 78.7 Å². The molecule has 7 nitrogen and oxygen atoms in total. The van der Waals surface area contributed by atoms with Gasteiger partial charge in [0.25, 0.3) is 0 Å². The van der Waals surface area contributed by atoms with Crippen LogP contribution in [0.5, 0.6) is 0 Å². The van der Waals surface area contributed by atoms with E-state index >= 15 is 0 Å². The lowest BCUT2D eigenvalue weighted by molar-refractivity contribution is -0.128. The van der Waals surface area contributed by atoms with Crippen molar-refractivity contribution in [3.63, 3.8) is 0 Å². The number of aryl methyl sites for hydroxylation is 2. The number of likely N-dealkylation sites (tertiary alicyclic amines) is 2. The zero-order valence-electron chi connectivity index (χ0n) is 14.9. The molecule has 0 bridgehead atoms. The van der Waals surface area contributed by atoms with Crippen molar-refractivity contribution in [2.45, 2.75) is 45.4 Å². The molecule has 1 aromatic rings. The summed E-state index contributed by atoms with van der Waals surface area (Å²) in [4.78, 5) is 27.4. The average molecular weight is 352 g/mol. The summed E-state index contributed by atoms with van der Waals surface area (Å²) >= 11 is 0. The number of amides is 2. The first-order valence-corrected chi connectivity index (χ1v) is 8.66. The summed E-state index contributed by atoms with van der Waals surface area (Å²) in [6.45, 7) is 5.46. The third-order valence-electron chi connectivity index (χ3n) is 5.24. The number of rotatable bonds is 5. The van der Waals surface area contributed by atoms with E-state index in [0.29, 0.717) is 32.6 Å². The van der Waals surface area contributed by atoms with E-state index in [9.17, 15) is 14.0 Å². The summed E-state index contributed by atoms with van der Waals surface area (Å²) < 4.78 is 19.1. The first kappa shape index (κ1) is 17.8. The van der Waals surface area contributed by atoms with Crippen molar-refractivity contribution in [3.05, 3.63) is 17.0 Å². The molecule has 2 aliphatic rings. The Balaban J connectivity index is 1.57. The maximum absolute atomic E-state index is 13.9. The molecule has 2 amide bonds. The van der Waals surface area contributed by atoms with E-state index in [2.05, 4.69) is 10.5 Å². The molecule has 2 aliphatic heterocycles. The molecule has 3 heterocycles. The zero-order chi connectivity index (χ0) is 18.1. The number of hydrogen-bond acceptors (Lipinski definition) is 5. The van der Waals surface area contributed by atoms with Crippen LogP contribution in [0.4, 0.5) is 4.39 Å². The van der Waals surface area contributed by atoms with Gasteiger partial charge in [0.1, 0.15) is 11.9 Å². The van der Waals surface area contributed by atoms with E-state index in [4.69, 9.17) is 4.52 Å². The van der Waals surface area contributed by atoms with Gasteiger partial charge in [-0.05, 0) is 20.3 Å². The minimum Gasteiger partial charge on any atom is -0.361 e. The molecule has 2 fully saturated rings. The largest absolute Gasteiger partial charge is 0.361 e. The molecule has 25 heavy (non-hydrogen) atoms. The van der Waals surface area contributed by atoms with Gasteiger partial charge < -0.3 is 14.7 Å². The summed E-state index contributed by atoms with van der Waals surface area (Å²) in [6.07, 6.45) is -0.254. The molecule has 0 aliphatic carbocycles. The maximum Gasteiger partial charge on any atom is 0.225 e. The molecule has 0 spiro atoms. The minimum absolute atomic E-state index is 0.00938. The number of halogens is 1. The van der Waals surface area contributed by atoms with Crippen LogP contribution in [0.15, 0.2) is 4.52 Å². The molecule has 2 saturated heterocycles. The number of carbonyl (C=O) groups is 2. The molecule has 1 aromatic heterocycles. The quantitative estimate of drug-likeness (QED) is 0.848. The molecular weight excluding hydrogens is 327 g/mol. The summed E-state index contributed by atoms with van der Waals surface area (Å²) in [5.41, 5.74) is 1.79.